The largest absolute Gasteiger partial charge is 0.484 e. The van der Waals surface area contributed by atoms with Crippen LogP contribution < -0.4 is 10.1 Å². The first kappa shape index (κ1) is 27.1. The molecular weight excluding hydrogens is 531 g/mol. The SMILES string of the molecule is C=CCn1c(COc2cc(Cl)ccc2Cl)nnc1SCC(=O)Nc1sc(C)c(CC)c1C(=O)OC. The summed E-state index contributed by atoms with van der Waals surface area (Å²) in [4.78, 5) is 26.0. The van der Waals surface area contributed by atoms with Crippen molar-refractivity contribution in [1.82, 2.24) is 14.8 Å². The number of nitrogens with one attached hydrogen (secondary N) is 1. The van der Waals surface area contributed by atoms with Gasteiger partial charge < -0.3 is 14.8 Å². The van der Waals surface area contributed by atoms with Crippen molar-refractivity contribution in [1.29, 1.82) is 0 Å². The smallest absolute Gasteiger partial charge is 0.341 e. The minimum Gasteiger partial charge on any atom is -0.484 e. The van der Waals surface area contributed by atoms with Crippen molar-refractivity contribution in [3.8, 4) is 5.75 Å². The number of aromatic nitrogens is 3. The summed E-state index contributed by atoms with van der Waals surface area (Å²) in [5.74, 6) is 0.290. The molecule has 1 amide bonds. The van der Waals surface area contributed by atoms with Crippen LogP contribution in [0.2, 0.25) is 10.0 Å². The maximum Gasteiger partial charge on any atom is 0.341 e. The van der Waals surface area contributed by atoms with E-state index in [2.05, 4.69) is 22.1 Å². The summed E-state index contributed by atoms with van der Waals surface area (Å²) in [5, 5.41) is 13.2. The standard InChI is InChI=1S/C23H24Cl2N4O4S2/c1-5-9-29-18(11-33-17-10-14(24)7-8-16(17)25)27-28-23(29)34-12-19(30)26-21-20(22(31)32-4)15(6-2)13(3)35-21/h5,7-8,10H,1,6,9,11-12H2,2-4H3,(H,26,30). The Morgan fingerprint density at radius 2 is 2.09 bits per heavy atom. The third-order valence-electron chi connectivity index (χ3n) is 4.89. The highest BCUT2D eigenvalue weighted by molar-refractivity contribution is 7.99. The topological polar surface area (TPSA) is 95.3 Å². The number of benzene rings is 1. The number of amides is 1. The zero-order chi connectivity index (χ0) is 25.5. The Labute approximate surface area is 221 Å². The quantitative estimate of drug-likeness (QED) is 0.182. The third-order valence-corrected chi connectivity index (χ3v) is 7.47. The Hall–Kier alpha value is -2.53. The molecule has 0 aliphatic carbocycles. The number of hydrogen-bond donors (Lipinski definition) is 1. The fourth-order valence-electron chi connectivity index (χ4n) is 3.28. The Bertz CT molecular complexity index is 1240. The molecule has 3 rings (SSSR count). The minimum atomic E-state index is -0.468. The lowest BCUT2D eigenvalue weighted by Crippen LogP contribution is -2.17. The molecule has 0 spiro atoms. The molecule has 12 heteroatoms. The van der Waals surface area contributed by atoms with Crippen molar-refractivity contribution in [3.05, 3.63) is 62.7 Å². The van der Waals surface area contributed by atoms with Crippen molar-refractivity contribution in [2.75, 3.05) is 18.2 Å². The van der Waals surface area contributed by atoms with E-state index in [1.165, 1.54) is 30.2 Å². The number of esters is 1. The fraction of sp³-hybridized carbons (Fsp3) is 0.304. The van der Waals surface area contributed by atoms with E-state index in [9.17, 15) is 9.59 Å². The van der Waals surface area contributed by atoms with Gasteiger partial charge in [0.05, 0.1) is 23.4 Å². The van der Waals surface area contributed by atoms with E-state index in [1.54, 1.807) is 28.8 Å². The molecule has 0 aliphatic heterocycles. The van der Waals surface area contributed by atoms with Gasteiger partial charge in [0.25, 0.3) is 0 Å². The number of nitrogens with zero attached hydrogens (tertiary/aromatic N) is 3. The van der Waals surface area contributed by atoms with E-state index in [1.807, 2.05) is 13.8 Å². The molecule has 1 N–H and O–H groups in total. The van der Waals surface area contributed by atoms with E-state index in [4.69, 9.17) is 32.7 Å². The molecule has 0 radical (unpaired) electrons. The average Bonchev–Trinajstić information content (AvgIpc) is 3.37. The number of anilines is 1. The number of halogens is 2. The van der Waals surface area contributed by atoms with Gasteiger partial charge in [0.1, 0.15) is 17.4 Å². The summed E-state index contributed by atoms with van der Waals surface area (Å²) in [7, 11) is 1.32. The lowest BCUT2D eigenvalue weighted by atomic mass is 10.1. The van der Waals surface area contributed by atoms with Gasteiger partial charge in [0.2, 0.25) is 5.91 Å². The summed E-state index contributed by atoms with van der Waals surface area (Å²) >= 11 is 14.7. The molecule has 0 fully saturated rings. The first-order valence-corrected chi connectivity index (χ1v) is 13.1. The van der Waals surface area contributed by atoms with Crippen molar-refractivity contribution in [2.24, 2.45) is 0 Å². The summed E-state index contributed by atoms with van der Waals surface area (Å²) in [5.41, 5.74) is 1.28. The van der Waals surface area contributed by atoms with E-state index in [0.29, 0.717) is 50.3 Å². The van der Waals surface area contributed by atoms with Crippen LogP contribution >= 0.6 is 46.3 Å². The Kier molecular flexibility index (Phi) is 9.62. The van der Waals surface area contributed by atoms with Crippen molar-refractivity contribution in [3.63, 3.8) is 0 Å². The number of carbonyl (C=O) groups is 2. The minimum absolute atomic E-state index is 0.0648. The summed E-state index contributed by atoms with van der Waals surface area (Å²) in [6, 6.07) is 4.94. The molecule has 2 heterocycles. The molecular formula is C23H24Cl2N4O4S2. The van der Waals surface area contributed by atoms with Gasteiger partial charge in [-0.2, -0.15) is 0 Å². The number of thiophene rings is 1. The number of carbonyl (C=O) groups excluding carboxylic acids is 2. The highest BCUT2D eigenvalue weighted by Crippen LogP contribution is 2.34. The molecule has 0 bridgehead atoms. The Morgan fingerprint density at radius 3 is 2.77 bits per heavy atom. The van der Waals surface area contributed by atoms with E-state index in [0.717, 1.165) is 10.4 Å². The van der Waals surface area contributed by atoms with Crippen LogP contribution in [-0.4, -0.2) is 39.5 Å². The molecule has 8 nitrogen and oxygen atoms in total. The highest BCUT2D eigenvalue weighted by Gasteiger charge is 2.23. The molecule has 186 valence electrons. The van der Waals surface area contributed by atoms with E-state index < -0.39 is 5.97 Å². The number of hydrogen-bond acceptors (Lipinski definition) is 8. The second kappa shape index (κ2) is 12.4. The van der Waals surface area contributed by atoms with Crippen LogP contribution in [0, 0.1) is 6.92 Å². The molecule has 1 aromatic carbocycles. The number of thioether (sulfide) groups is 1. The van der Waals surface area contributed by atoms with Crippen LogP contribution in [0.1, 0.15) is 33.5 Å². The Morgan fingerprint density at radius 1 is 1.31 bits per heavy atom. The zero-order valence-electron chi connectivity index (χ0n) is 19.4. The van der Waals surface area contributed by atoms with Crippen LogP contribution in [0.5, 0.6) is 5.75 Å². The predicted octanol–water partition coefficient (Wildman–Crippen LogP) is 5.80. The molecule has 0 unspecified atom stereocenters. The molecule has 0 saturated carbocycles. The lowest BCUT2D eigenvalue weighted by molar-refractivity contribution is -0.113. The molecule has 0 atom stereocenters. The van der Waals surface area contributed by atoms with Crippen LogP contribution in [-0.2, 0) is 29.1 Å². The number of ether oxygens (including phenoxy) is 2. The average molecular weight is 556 g/mol. The molecule has 3 aromatic rings. The maximum atomic E-state index is 12.7. The van der Waals surface area contributed by atoms with Crippen LogP contribution in [0.15, 0.2) is 36.0 Å². The van der Waals surface area contributed by atoms with Gasteiger partial charge in [-0.25, -0.2) is 4.79 Å². The zero-order valence-corrected chi connectivity index (χ0v) is 22.5. The van der Waals surface area contributed by atoms with Crippen LogP contribution in [0.25, 0.3) is 0 Å². The summed E-state index contributed by atoms with van der Waals surface area (Å²) in [6.45, 7) is 8.18. The van der Waals surface area contributed by atoms with Crippen molar-refractivity contribution >= 4 is 63.2 Å². The number of methoxy groups -OCH3 is 1. The third kappa shape index (κ3) is 6.58. The van der Waals surface area contributed by atoms with Gasteiger partial charge in [-0.15, -0.1) is 28.1 Å². The highest BCUT2D eigenvalue weighted by atomic mass is 35.5. The Balaban J connectivity index is 1.69. The van der Waals surface area contributed by atoms with Gasteiger partial charge in [0.15, 0.2) is 11.0 Å². The predicted molar refractivity (Wildman–Crippen MR) is 140 cm³/mol. The van der Waals surface area contributed by atoms with Gasteiger partial charge in [-0.1, -0.05) is 48.0 Å². The first-order chi connectivity index (χ1) is 16.8. The summed E-state index contributed by atoms with van der Waals surface area (Å²) in [6.07, 6.45) is 2.36. The normalized spacial score (nSPS) is 10.8. The molecule has 35 heavy (non-hydrogen) atoms. The number of allylic oxidation sites excluding steroid dienone is 1. The lowest BCUT2D eigenvalue weighted by Gasteiger charge is -2.10. The molecule has 0 aliphatic rings. The van der Waals surface area contributed by atoms with Gasteiger partial charge in [-0.3, -0.25) is 9.36 Å². The van der Waals surface area contributed by atoms with Crippen LogP contribution in [0.4, 0.5) is 5.00 Å². The van der Waals surface area contributed by atoms with Gasteiger partial charge >= 0.3 is 5.97 Å². The number of aryl methyl sites for hydroxylation is 1. The molecule has 0 saturated heterocycles. The van der Waals surface area contributed by atoms with Gasteiger partial charge in [0, 0.05) is 22.5 Å². The van der Waals surface area contributed by atoms with Crippen molar-refractivity contribution < 1.29 is 19.1 Å². The van der Waals surface area contributed by atoms with Crippen LogP contribution in [0.3, 0.4) is 0 Å². The van der Waals surface area contributed by atoms with E-state index in [-0.39, 0.29) is 18.3 Å². The van der Waals surface area contributed by atoms with Gasteiger partial charge in [-0.05, 0) is 31.0 Å². The van der Waals surface area contributed by atoms with Crippen molar-refractivity contribution in [2.45, 2.75) is 38.6 Å². The number of rotatable bonds is 11. The fourth-order valence-corrected chi connectivity index (χ4v) is 5.53. The summed E-state index contributed by atoms with van der Waals surface area (Å²) < 4.78 is 12.5. The second-order valence-electron chi connectivity index (χ2n) is 7.18. The first-order valence-electron chi connectivity index (χ1n) is 10.5. The van der Waals surface area contributed by atoms with E-state index >= 15 is 0 Å². The maximum absolute atomic E-state index is 12.7. The molecule has 2 aromatic heterocycles. The monoisotopic (exact) mass is 554 g/mol. The second-order valence-corrected chi connectivity index (χ2v) is 10.2.